The van der Waals surface area contributed by atoms with Gasteiger partial charge in [0.15, 0.2) is 0 Å². The quantitative estimate of drug-likeness (QED) is 0.645. The van der Waals surface area contributed by atoms with Gasteiger partial charge in [-0.3, -0.25) is 14.4 Å². The minimum atomic E-state index is 0.169. The van der Waals surface area contributed by atoms with Crippen LogP contribution >= 0.6 is 11.3 Å². The molecule has 0 N–H and O–H groups in total. The van der Waals surface area contributed by atoms with E-state index in [1.807, 2.05) is 9.80 Å². The summed E-state index contributed by atoms with van der Waals surface area (Å²) in [5.74, 6) is 1.73. The van der Waals surface area contributed by atoms with Crippen LogP contribution in [0.1, 0.15) is 91.8 Å². The van der Waals surface area contributed by atoms with Gasteiger partial charge in [0.25, 0.3) is 5.91 Å². The fourth-order valence-electron chi connectivity index (χ4n) is 6.46. The molecule has 0 spiro atoms. The van der Waals surface area contributed by atoms with Gasteiger partial charge in [0.2, 0.25) is 11.8 Å². The van der Waals surface area contributed by atoms with Crippen molar-refractivity contribution in [3.05, 3.63) is 21.9 Å². The highest BCUT2D eigenvalue weighted by molar-refractivity contribution is 7.10. The molecule has 4 aliphatic rings. The molecule has 3 aliphatic heterocycles. The molecule has 1 saturated carbocycles. The number of hydrogen-bond donors (Lipinski definition) is 0. The number of carbonyl (C=O) groups excluding carboxylic acids is 3. The average molecular weight is 472 g/mol. The molecule has 0 radical (unpaired) electrons. The van der Waals surface area contributed by atoms with Crippen LogP contribution in [0.5, 0.6) is 0 Å². The van der Waals surface area contributed by atoms with Crippen molar-refractivity contribution < 1.29 is 14.4 Å². The number of nitrogens with zero attached hydrogens (tertiary/aromatic N) is 3. The Bertz CT molecular complexity index is 874. The molecule has 1 aliphatic carbocycles. The third kappa shape index (κ3) is 4.98. The van der Waals surface area contributed by atoms with Crippen LogP contribution in [0.15, 0.2) is 11.4 Å². The molecular formula is C26H37N3O3S. The number of carbonyl (C=O) groups is 3. The summed E-state index contributed by atoms with van der Waals surface area (Å²) in [5.41, 5.74) is 0.870. The minimum Gasteiger partial charge on any atom is -0.343 e. The van der Waals surface area contributed by atoms with E-state index in [-0.39, 0.29) is 17.7 Å². The second kappa shape index (κ2) is 10.2. The van der Waals surface area contributed by atoms with Crippen molar-refractivity contribution in [2.75, 3.05) is 32.7 Å². The van der Waals surface area contributed by atoms with Crippen LogP contribution in [0.25, 0.3) is 0 Å². The Kier molecular flexibility index (Phi) is 7.05. The van der Waals surface area contributed by atoms with E-state index >= 15 is 0 Å². The summed E-state index contributed by atoms with van der Waals surface area (Å²) in [7, 11) is 0. The lowest BCUT2D eigenvalue weighted by Crippen LogP contribution is -2.49. The summed E-state index contributed by atoms with van der Waals surface area (Å²) in [6, 6.07) is 2.59. The van der Waals surface area contributed by atoms with Crippen molar-refractivity contribution in [2.45, 2.75) is 82.6 Å². The summed E-state index contributed by atoms with van der Waals surface area (Å²) in [6.45, 7) is 3.82. The topological polar surface area (TPSA) is 60.9 Å². The molecule has 33 heavy (non-hydrogen) atoms. The maximum absolute atomic E-state index is 13.3. The molecule has 2 atom stereocenters. The van der Waals surface area contributed by atoms with Crippen molar-refractivity contribution in [1.29, 1.82) is 0 Å². The number of amides is 3. The largest absolute Gasteiger partial charge is 0.343 e. The van der Waals surface area contributed by atoms with Crippen LogP contribution in [0.3, 0.4) is 0 Å². The molecule has 0 aromatic carbocycles. The first-order valence-corrected chi connectivity index (χ1v) is 13.9. The van der Waals surface area contributed by atoms with Gasteiger partial charge in [-0.25, -0.2) is 0 Å². The first kappa shape index (κ1) is 22.9. The molecule has 3 amide bonds. The number of fused-ring (bicyclic) bond motifs is 1. The van der Waals surface area contributed by atoms with Gasteiger partial charge in [0, 0.05) is 61.9 Å². The van der Waals surface area contributed by atoms with Crippen molar-refractivity contribution in [3.63, 3.8) is 0 Å². The van der Waals surface area contributed by atoms with Crippen molar-refractivity contribution >= 4 is 29.1 Å². The van der Waals surface area contributed by atoms with Gasteiger partial charge in [-0.15, -0.1) is 11.3 Å². The van der Waals surface area contributed by atoms with E-state index in [2.05, 4.69) is 16.3 Å². The molecule has 1 aromatic rings. The maximum atomic E-state index is 13.3. The van der Waals surface area contributed by atoms with E-state index in [4.69, 9.17) is 0 Å². The number of hydrogen-bond acceptors (Lipinski definition) is 4. The highest BCUT2D eigenvalue weighted by atomic mass is 32.1. The fourth-order valence-corrected chi connectivity index (χ4v) is 7.52. The Morgan fingerprint density at radius 1 is 0.939 bits per heavy atom. The van der Waals surface area contributed by atoms with Crippen molar-refractivity contribution in [1.82, 2.24) is 14.7 Å². The predicted molar refractivity (Wildman–Crippen MR) is 129 cm³/mol. The summed E-state index contributed by atoms with van der Waals surface area (Å²) >= 11 is 1.72. The van der Waals surface area contributed by atoms with Gasteiger partial charge in [0.05, 0.1) is 5.56 Å². The van der Waals surface area contributed by atoms with Gasteiger partial charge >= 0.3 is 0 Å². The maximum Gasteiger partial charge on any atom is 0.254 e. The average Bonchev–Trinajstić information content (AvgIpc) is 3.51. The van der Waals surface area contributed by atoms with Gasteiger partial charge in [-0.2, -0.15) is 0 Å². The summed E-state index contributed by atoms with van der Waals surface area (Å²) in [4.78, 5) is 45.0. The Morgan fingerprint density at radius 3 is 2.52 bits per heavy atom. The lowest BCUT2D eigenvalue weighted by molar-refractivity contribution is -0.133. The molecule has 3 saturated heterocycles. The normalized spacial score (nSPS) is 26.5. The molecule has 0 bridgehead atoms. The van der Waals surface area contributed by atoms with Crippen LogP contribution in [0, 0.1) is 5.92 Å². The molecule has 4 heterocycles. The molecule has 2 unspecified atom stereocenters. The summed E-state index contributed by atoms with van der Waals surface area (Å²) in [6.07, 6.45) is 11.4. The van der Waals surface area contributed by atoms with Gasteiger partial charge < -0.3 is 14.7 Å². The lowest BCUT2D eigenvalue weighted by Gasteiger charge is -2.44. The molecular weight excluding hydrogens is 434 g/mol. The zero-order chi connectivity index (χ0) is 22.8. The molecule has 180 valence electrons. The zero-order valence-corrected chi connectivity index (χ0v) is 20.5. The standard InChI is InChI=1S/C26H37N3O3S/c30-24-8-4-12-27(24)16-11-25(31)28-14-9-20(10-15-28)23-17-21(18-33-23)26(32)29-13-3-6-19-5-1-2-7-22(19)29/h17-20,22H,1-16H2. The van der Waals surface area contributed by atoms with Gasteiger partial charge in [-0.1, -0.05) is 12.8 Å². The third-order valence-electron chi connectivity index (χ3n) is 8.39. The Hall–Kier alpha value is -1.89. The number of thiophene rings is 1. The number of likely N-dealkylation sites (tertiary alicyclic amines) is 3. The molecule has 4 fully saturated rings. The first-order chi connectivity index (χ1) is 16.1. The van der Waals surface area contributed by atoms with Crippen LogP contribution in [-0.4, -0.2) is 71.2 Å². The van der Waals surface area contributed by atoms with Crippen molar-refractivity contribution in [3.8, 4) is 0 Å². The van der Waals surface area contributed by atoms with Crippen LogP contribution in [0.2, 0.25) is 0 Å². The third-order valence-corrected chi connectivity index (χ3v) is 9.48. The summed E-state index contributed by atoms with van der Waals surface area (Å²) < 4.78 is 0. The van der Waals surface area contributed by atoms with Crippen LogP contribution in [-0.2, 0) is 9.59 Å². The Labute approximate surface area is 201 Å². The van der Waals surface area contributed by atoms with Gasteiger partial charge in [-0.05, 0) is 62.8 Å². The number of piperidine rings is 2. The SMILES string of the molecule is O=C1CCCN1CCC(=O)N1CCC(c2cc(C(=O)N3CCCC4CCCCC43)cs2)CC1. The second-order valence-electron chi connectivity index (χ2n) is 10.4. The fraction of sp³-hybridized carbons (Fsp3) is 0.731. The number of rotatable bonds is 5. The zero-order valence-electron chi connectivity index (χ0n) is 19.7. The van der Waals surface area contributed by atoms with E-state index in [1.165, 1.54) is 37.0 Å². The minimum absolute atomic E-state index is 0.169. The predicted octanol–water partition coefficient (Wildman–Crippen LogP) is 4.26. The molecule has 6 nitrogen and oxygen atoms in total. The second-order valence-corrected chi connectivity index (χ2v) is 11.3. The smallest absolute Gasteiger partial charge is 0.254 e. The molecule has 7 heteroatoms. The van der Waals surface area contributed by atoms with Gasteiger partial charge in [0.1, 0.15) is 0 Å². The van der Waals surface area contributed by atoms with E-state index in [0.717, 1.165) is 57.4 Å². The Morgan fingerprint density at radius 2 is 1.73 bits per heavy atom. The van der Waals surface area contributed by atoms with Crippen LogP contribution in [0.4, 0.5) is 0 Å². The molecule has 1 aromatic heterocycles. The van der Waals surface area contributed by atoms with Crippen LogP contribution < -0.4 is 0 Å². The van der Waals surface area contributed by atoms with E-state index in [1.54, 1.807) is 11.3 Å². The lowest BCUT2D eigenvalue weighted by atomic mass is 9.78. The first-order valence-electron chi connectivity index (χ1n) is 13.0. The van der Waals surface area contributed by atoms with E-state index in [0.29, 0.717) is 37.3 Å². The van der Waals surface area contributed by atoms with E-state index < -0.39 is 0 Å². The van der Waals surface area contributed by atoms with Crippen molar-refractivity contribution in [2.24, 2.45) is 5.92 Å². The van der Waals surface area contributed by atoms with E-state index in [9.17, 15) is 14.4 Å². The summed E-state index contributed by atoms with van der Waals surface area (Å²) in [5, 5.41) is 2.06. The molecule has 5 rings (SSSR count). The highest BCUT2D eigenvalue weighted by Crippen LogP contribution is 2.37. The highest BCUT2D eigenvalue weighted by Gasteiger charge is 2.36. The Balaban J connectivity index is 1.13. The monoisotopic (exact) mass is 471 g/mol.